The Labute approximate surface area is 189 Å². The summed E-state index contributed by atoms with van der Waals surface area (Å²) in [5, 5.41) is 22.0. The van der Waals surface area contributed by atoms with E-state index in [0.29, 0.717) is 23.6 Å². The molecule has 0 spiro atoms. The number of ketones is 1. The maximum atomic E-state index is 11.4. The summed E-state index contributed by atoms with van der Waals surface area (Å²) in [5.74, 6) is 1.90. The van der Waals surface area contributed by atoms with Gasteiger partial charge in [0.1, 0.15) is 12.4 Å². The lowest BCUT2D eigenvalue weighted by atomic mass is 10.1. The van der Waals surface area contributed by atoms with E-state index >= 15 is 0 Å². The van der Waals surface area contributed by atoms with Crippen LogP contribution in [0.25, 0.3) is 10.7 Å². The molecule has 0 amide bonds. The quantitative estimate of drug-likeness (QED) is 0.363. The zero-order valence-electron chi connectivity index (χ0n) is 17.3. The third-order valence-electron chi connectivity index (χ3n) is 4.98. The summed E-state index contributed by atoms with van der Waals surface area (Å²) in [6.07, 6.45) is 1.61. The van der Waals surface area contributed by atoms with Crippen molar-refractivity contribution in [2.24, 2.45) is 0 Å². The van der Waals surface area contributed by atoms with Crippen LogP contribution >= 0.6 is 23.1 Å². The highest BCUT2D eigenvalue weighted by molar-refractivity contribution is 7.99. The molecule has 31 heavy (non-hydrogen) atoms. The van der Waals surface area contributed by atoms with Crippen LogP contribution in [-0.2, 0) is 11.3 Å². The fraction of sp³-hybridized carbons (Fsp3) is 0.409. The summed E-state index contributed by atoms with van der Waals surface area (Å²) in [6, 6.07) is 11.0. The van der Waals surface area contributed by atoms with E-state index in [2.05, 4.69) is 14.8 Å². The fourth-order valence-corrected chi connectivity index (χ4v) is 4.91. The Hall–Kier alpha value is -2.20. The summed E-state index contributed by atoms with van der Waals surface area (Å²) < 4.78 is 13.6. The summed E-state index contributed by atoms with van der Waals surface area (Å²) in [7, 11) is 0. The Morgan fingerprint density at radius 1 is 1.35 bits per heavy atom. The molecule has 1 aliphatic heterocycles. The van der Waals surface area contributed by atoms with E-state index in [-0.39, 0.29) is 18.5 Å². The average molecular weight is 460 g/mol. The van der Waals surface area contributed by atoms with Gasteiger partial charge in [-0.2, -0.15) is 0 Å². The number of aliphatic hydroxyl groups is 1. The predicted molar refractivity (Wildman–Crippen MR) is 121 cm³/mol. The molecule has 3 heterocycles. The molecule has 1 aromatic carbocycles. The first-order chi connectivity index (χ1) is 15.1. The SMILES string of the molecule is CC(=O)c1ccc(OCC(O)CSc2nnc(-c3cccs3)n2CC2CCCO2)cc1. The van der Waals surface area contributed by atoms with E-state index < -0.39 is 6.10 Å². The van der Waals surface area contributed by atoms with Crippen molar-refractivity contribution in [3.05, 3.63) is 47.3 Å². The van der Waals surface area contributed by atoms with Gasteiger partial charge in [-0.1, -0.05) is 17.8 Å². The van der Waals surface area contributed by atoms with Crippen LogP contribution in [0.2, 0.25) is 0 Å². The number of thiophene rings is 1. The highest BCUT2D eigenvalue weighted by Crippen LogP contribution is 2.29. The summed E-state index contributed by atoms with van der Waals surface area (Å²) in [4.78, 5) is 12.4. The van der Waals surface area contributed by atoms with Gasteiger partial charge in [-0.05, 0) is 55.5 Å². The Bertz CT molecular complexity index is 983. The van der Waals surface area contributed by atoms with Crippen molar-refractivity contribution in [1.82, 2.24) is 14.8 Å². The van der Waals surface area contributed by atoms with Crippen LogP contribution in [0.5, 0.6) is 5.75 Å². The summed E-state index contributed by atoms with van der Waals surface area (Å²) in [5.41, 5.74) is 0.635. The lowest BCUT2D eigenvalue weighted by Crippen LogP contribution is -2.21. The van der Waals surface area contributed by atoms with Crippen molar-refractivity contribution in [2.45, 2.75) is 43.7 Å². The molecule has 0 bridgehead atoms. The van der Waals surface area contributed by atoms with Gasteiger partial charge in [0, 0.05) is 17.9 Å². The first-order valence-corrected chi connectivity index (χ1v) is 12.1. The average Bonchev–Trinajstić information content (AvgIpc) is 3.54. The van der Waals surface area contributed by atoms with Crippen LogP contribution in [0.3, 0.4) is 0 Å². The highest BCUT2D eigenvalue weighted by Gasteiger charge is 2.22. The normalized spacial score (nSPS) is 17.0. The van der Waals surface area contributed by atoms with Crippen LogP contribution in [0.15, 0.2) is 46.9 Å². The Morgan fingerprint density at radius 2 is 2.19 bits per heavy atom. The first kappa shape index (κ1) is 22.0. The monoisotopic (exact) mass is 459 g/mol. The van der Waals surface area contributed by atoms with E-state index in [9.17, 15) is 9.90 Å². The maximum Gasteiger partial charge on any atom is 0.191 e. The number of carbonyl (C=O) groups excluding carboxylic acids is 1. The van der Waals surface area contributed by atoms with Gasteiger partial charge in [-0.15, -0.1) is 21.5 Å². The fourth-order valence-electron chi connectivity index (χ4n) is 3.34. The molecule has 0 radical (unpaired) electrons. The first-order valence-electron chi connectivity index (χ1n) is 10.2. The van der Waals surface area contributed by atoms with Crippen molar-refractivity contribution in [3.8, 4) is 16.5 Å². The number of ether oxygens (including phenoxy) is 2. The summed E-state index contributed by atoms with van der Waals surface area (Å²) in [6.45, 7) is 3.19. The second kappa shape index (κ2) is 10.4. The number of carbonyl (C=O) groups is 1. The van der Waals surface area contributed by atoms with E-state index in [1.54, 1.807) is 35.6 Å². The van der Waals surface area contributed by atoms with Gasteiger partial charge >= 0.3 is 0 Å². The molecule has 4 rings (SSSR count). The van der Waals surface area contributed by atoms with E-state index in [4.69, 9.17) is 9.47 Å². The zero-order chi connectivity index (χ0) is 21.6. The molecule has 1 aliphatic rings. The molecule has 7 nitrogen and oxygen atoms in total. The van der Waals surface area contributed by atoms with Crippen LogP contribution in [0, 0.1) is 0 Å². The van der Waals surface area contributed by atoms with Gasteiger partial charge in [0.05, 0.1) is 23.6 Å². The topological polar surface area (TPSA) is 86.5 Å². The van der Waals surface area contributed by atoms with Crippen molar-refractivity contribution >= 4 is 28.9 Å². The standard InChI is InChI=1S/C22H25N3O4S2/c1-15(26)16-6-8-18(9-7-16)29-13-17(27)14-31-22-24-23-21(20-5-3-11-30-20)25(22)12-19-4-2-10-28-19/h3,5-9,11,17,19,27H,2,4,10,12-14H2,1H3. The van der Waals surface area contributed by atoms with Gasteiger partial charge in [0.15, 0.2) is 16.8 Å². The van der Waals surface area contributed by atoms with Gasteiger partial charge < -0.3 is 14.6 Å². The zero-order valence-corrected chi connectivity index (χ0v) is 18.9. The second-order valence-electron chi connectivity index (χ2n) is 7.39. The molecule has 1 fully saturated rings. The Morgan fingerprint density at radius 3 is 2.87 bits per heavy atom. The summed E-state index contributed by atoms with van der Waals surface area (Å²) >= 11 is 3.09. The highest BCUT2D eigenvalue weighted by atomic mass is 32.2. The molecule has 164 valence electrons. The molecule has 1 N–H and O–H groups in total. The number of benzene rings is 1. The number of thioether (sulfide) groups is 1. The molecule has 0 aliphatic carbocycles. The molecule has 0 saturated carbocycles. The lowest BCUT2D eigenvalue weighted by Gasteiger charge is -2.15. The molecule has 2 atom stereocenters. The van der Waals surface area contributed by atoms with Crippen LogP contribution in [-0.4, -0.2) is 56.8 Å². The lowest BCUT2D eigenvalue weighted by molar-refractivity contribution is 0.0953. The number of aliphatic hydroxyl groups excluding tert-OH is 1. The third kappa shape index (κ3) is 5.74. The molecule has 2 aromatic heterocycles. The van der Waals surface area contributed by atoms with Crippen LogP contribution < -0.4 is 4.74 Å². The minimum absolute atomic E-state index is 0.0111. The maximum absolute atomic E-state index is 11.4. The number of hydrogen-bond donors (Lipinski definition) is 1. The molecule has 3 aromatic rings. The van der Waals surface area contributed by atoms with E-state index in [1.807, 2.05) is 17.5 Å². The molecule has 1 saturated heterocycles. The van der Waals surface area contributed by atoms with Crippen LogP contribution in [0.1, 0.15) is 30.1 Å². The largest absolute Gasteiger partial charge is 0.491 e. The Balaban J connectivity index is 1.36. The van der Waals surface area contributed by atoms with Crippen molar-refractivity contribution < 1.29 is 19.4 Å². The van der Waals surface area contributed by atoms with E-state index in [0.717, 1.165) is 35.3 Å². The number of Topliss-reactive ketones (excluding diaryl/α,β-unsaturated/α-hetero) is 1. The number of hydrogen-bond acceptors (Lipinski definition) is 8. The predicted octanol–water partition coefficient (Wildman–Crippen LogP) is 3.92. The Kier molecular flexibility index (Phi) is 7.39. The van der Waals surface area contributed by atoms with Crippen molar-refractivity contribution in [1.29, 1.82) is 0 Å². The minimum Gasteiger partial charge on any atom is -0.491 e. The third-order valence-corrected chi connectivity index (χ3v) is 6.95. The van der Waals surface area contributed by atoms with Gasteiger partial charge in [0.25, 0.3) is 0 Å². The van der Waals surface area contributed by atoms with Crippen LogP contribution in [0.4, 0.5) is 0 Å². The van der Waals surface area contributed by atoms with Gasteiger partial charge in [0.2, 0.25) is 0 Å². The molecular formula is C22H25N3O4S2. The smallest absolute Gasteiger partial charge is 0.191 e. The number of aromatic nitrogens is 3. The molecule has 9 heteroatoms. The van der Waals surface area contributed by atoms with Crippen molar-refractivity contribution in [2.75, 3.05) is 19.0 Å². The second-order valence-corrected chi connectivity index (χ2v) is 9.32. The molecule has 2 unspecified atom stereocenters. The van der Waals surface area contributed by atoms with Gasteiger partial charge in [-0.3, -0.25) is 9.36 Å². The van der Waals surface area contributed by atoms with Gasteiger partial charge in [-0.25, -0.2) is 0 Å². The molecular weight excluding hydrogens is 434 g/mol. The number of nitrogens with zero attached hydrogens (tertiary/aromatic N) is 3. The minimum atomic E-state index is -0.671. The van der Waals surface area contributed by atoms with Crippen molar-refractivity contribution in [3.63, 3.8) is 0 Å². The van der Waals surface area contributed by atoms with E-state index in [1.165, 1.54) is 18.7 Å². The number of rotatable bonds is 10.